The summed E-state index contributed by atoms with van der Waals surface area (Å²) in [5.74, 6) is -1.44. The zero-order valence-corrected chi connectivity index (χ0v) is 14.6. The van der Waals surface area contributed by atoms with Crippen molar-refractivity contribution >= 4 is 38.7 Å². The van der Waals surface area contributed by atoms with Gasteiger partial charge in [-0.2, -0.15) is 0 Å². The van der Waals surface area contributed by atoms with Crippen molar-refractivity contribution in [1.29, 1.82) is 0 Å². The van der Waals surface area contributed by atoms with Crippen LogP contribution in [0.5, 0.6) is 0 Å². The van der Waals surface area contributed by atoms with E-state index in [1.807, 2.05) is 0 Å². The summed E-state index contributed by atoms with van der Waals surface area (Å²) in [5.41, 5.74) is 0.221. The van der Waals surface area contributed by atoms with Crippen LogP contribution in [0, 0.1) is 0 Å². The van der Waals surface area contributed by atoms with E-state index in [0.29, 0.717) is 10.9 Å². The second-order valence-electron chi connectivity index (χ2n) is 5.89. The summed E-state index contributed by atoms with van der Waals surface area (Å²) in [4.78, 5) is 41.9. The van der Waals surface area contributed by atoms with Gasteiger partial charge in [-0.1, -0.05) is 15.9 Å². The molecular weight excluding hydrogens is 378 g/mol. The molecule has 1 amide bonds. The molecule has 2 aromatic rings. The normalized spacial score (nSPS) is 15.2. The van der Waals surface area contributed by atoms with Crippen LogP contribution >= 0.6 is 15.9 Å². The summed E-state index contributed by atoms with van der Waals surface area (Å²) < 4.78 is 1.97. The first kappa shape index (κ1) is 16.6. The minimum Gasteiger partial charge on any atom is -0.480 e. The van der Waals surface area contributed by atoms with Crippen molar-refractivity contribution in [3.05, 3.63) is 39.4 Å². The van der Waals surface area contributed by atoms with Crippen LogP contribution in [-0.4, -0.2) is 43.5 Å². The van der Waals surface area contributed by atoms with Gasteiger partial charge in [0.05, 0.1) is 17.2 Å². The van der Waals surface area contributed by atoms with E-state index in [0.717, 1.165) is 17.3 Å². The molecule has 1 saturated carbocycles. The lowest BCUT2D eigenvalue weighted by atomic mass is 10.2. The van der Waals surface area contributed by atoms with Crippen LogP contribution in [0.2, 0.25) is 0 Å². The smallest absolute Gasteiger partial charge is 0.326 e. The standard InChI is InChI=1S/C16H16BrN3O4/c1-9(16(23)24)20(11-3-4-11)14(21)7-19-8-18-13-5-2-10(17)6-12(13)15(19)22/h2,5-6,8-9,11H,3-4,7H2,1H3,(H,23,24). The van der Waals surface area contributed by atoms with Crippen molar-refractivity contribution in [2.45, 2.75) is 38.4 Å². The van der Waals surface area contributed by atoms with E-state index in [1.165, 1.54) is 22.7 Å². The largest absolute Gasteiger partial charge is 0.480 e. The summed E-state index contributed by atoms with van der Waals surface area (Å²) in [6, 6.07) is 4.19. The fourth-order valence-corrected chi connectivity index (χ4v) is 3.04. The molecule has 0 bridgehead atoms. The first-order valence-electron chi connectivity index (χ1n) is 7.57. The number of carboxylic acid groups (broad SMARTS) is 1. The van der Waals surface area contributed by atoms with Crippen molar-refractivity contribution in [1.82, 2.24) is 14.5 Å². The Balaban J connectivity index is 1.91. The van der Waals surface area contributed by atoms with E-state index < -0.39 is 12.0 Å². The number of carbonyl (C=O) groups is 2. The molecular formula is C16H16BrN3O4. The summed E-state index contributed by atoms with van der Waals surface area (Å²) in [6.07, 6.45) is 2.91. The highest BCUT2D eigenvalue weighted by atomic mass is 79.9. The number of aromatic nitrogens is 2. The molecule has 0 aliphatic heterocycles. The summed E-state index contributed by atoms with van der Waals surface area (Å²) in [7, 11) is 0. The maximum absolute atomic E-state index is 12.6. The van der Waals surface area contributed by atoms with Crippen molar-refractivity contribution in [3.63, 3.8) is 0 Å². The van der Waals surface area contributed by atoms with Gasteiger partial charge >= 0.3 is 5.97 Å². The van der Waals surface area contributed by atoms with Gasteiger partial charge in [0.25, 0.3) is 5.56 Å². The van der Waals surface area contributed by atoms with E-state index in [2.05, 4.69) is 20.9 Å². The number of amides is 1. The van der Waals surface area contributed by atoms with Gasteiger partial charge in [-0.05, 0) is 38.0 Å². The Morgan fingerprint density at radius 3 is 2.79 bits per heavy atom. The van der Waals surface area contributed by atoms with Gasteiger partial charge in [-0.25, -0.2) is 9.78 Å². The number of fused-ring (bicyclic) bond motifs is 1. The number of aliphatic carboxylic acids is 1. The van der Waals surface area contributed by atoms with E-state index in [4.69, 9.17) is 0 Å². The number of nitrogens with zero attached hydrogens (tertiary/aromatic N) is 3. The maximum Gasteiger partial charge on any atom is 0.326 e. The molecule has 1 aliphatic rings. The lowest BCUT2D eigenvalue weighted by Gasteiger charge is -2.26. The lowest BCUT2D eigenvalue weighted by Crippen LogP contribution is -2.47. The summed E-state index contributed by atoms with van der Waals surface area (Å²) in [6.45, 7) is 1.26. The molecule has 1 aromatic heterocycles. The van der Waals surface area contributed by atoms with Crippen molar-refractivity contribution in [2.24, 2.45) is 0 Å². The first-order chi connectivity index (χ1) is 11.4. The van der Waals surface area contributed by atoms with Gasteiger partial charge in [-0.15, -0.1) is 0 Å². The molecule has 1 heterocycles. The predicted molar refractivity (Wildman–Crippen MR) is 90.7 cm³/mol. The highest BCUT2D eigenvalue weighted by Crippen LogP contribution is 2.29. The molecule has 0 saturated heterocycles. The molecule has 126 valence electrons. The minimum atomic E-state index is -1.05. The molecule has 1 atom stereocenters. The molecule has 24 heavy (non-hydrogen) atoms. The van der Waals surface area contributed by atoms with Gasteiger partial charge in [0.15, 0.2) is 0 Å². The molecule has 0 spiro atoms. The zero-order valence-electron chi connectivity index (χ0n) is 13.0. The van der Waals surface area contributed by atoms with Crippen LogP contribution < -0.4 is 5.56 Å². The van der Waals surface area contributed by atoms with Crippen molar-refractivity contribution in [3.8, 4) is 0 Å². The fraction of sp³-hybridized carbons (Fsp3) is 0.375. The van der Waals surface area contributed by atoms with Crippen LogP contribution in [0.4, 0.5) is 0 Å². The minimum absolute atomic E-state index is 0.0538. The monoisotopic (exact) mass is 393 g/mol. The Kier molecular flexibility index (Phi) is 4.40. The molecule has 0 radical (unpaired) electrons. The van der Waals surface area contributed by atoms with Crippen LogP contribution in [-0.2, 0) is 16.1 Å². The van der Waals surface area contributed by atoms with Crippen LogP contribution in [0.3, 0.4) is 0 Å². The number of hydrogen-bond acceptors (Lipinski definition) is 4. The van der Waals surface area contributed by atoms with Gasteiger partial charge in [0.2, 0.25) is 5.91 Å². The van der Waals surface area contributed by atoms with E-state index in [-0.39, 0.29) is 24.1 Å². The Morgan fingerprint density at radius 1 is 1.46 bits per heavy atom. The SMILES string of the molecule is CC(C(=O)O)N(C(=O)Cn1cnc2ccc(Br)cc2c1=O)C1CC1. The molecule has 1 fully saturated rings. The predicted octanol–water partition coefficient (Wildman–Crippen LogP) is 1.62. The quantitative estimate of drug-likeness (QED) is 0.832. The fourth-order valence-electron chi connectivity index (χ4n) is 2.68. The number of carbonyl (C=O) groups excluding carboxylic acids is 1. The number of halogens is 1. The third-order valence-electron chi connectivity index (χ3n) is 4.09. The number of carboxylic acids is 1. The van der Waals surface area contributed by atoms with Crippen molar-refractivity contribution < 1.29 is 14.7 Å². The second kappa shape index (κ2) is 6.35. The molecule has 8 heteroatoms. The lowest BCUT2D eigenvalue weighted by molar-refractivity contribution is -0.150. The van der Waals surface area contributed by atoms with E-state index in [9.17, 15) is 19.5 Å². The third-order valence-corrected chi connectivity index (χ3v) is 4.59. The zero-order chi connectivity index (χ0) is 17.4. The number of hydrogen-bond donors (Lipinski definition) is 1. The molecule has 7 nitrogen and oxygen atoms in total. The average Bonchev–Trinajstić information content (AvgIpc) is 3.35. The topological polar surface area (TPSA) is 92.5 Å². The van der Waals surface area contributed by atoms with Gasteiger partial charge in [0.1, 0.15) is 12.6 Å². The summed E-state index contributed by atoms with van der Waals surface area (Å²) in [5, 5.41) is 9.60. The van der Waals surface area contributed by atoms with E-state index >= 15 is 0 Å². The Morgan fingerprint density at radius 2 is 2.17 bits per heavy atom. The first-order valence-corrected chi connectivity index (χ1v) is 8.36. The highest BCUT2D eigenvalue weighted by molar-refractivity contribution is 9.10. The Labute approximate surface area is 146 Å². The third kappa shape index (κ3) is 3.19. The molecule has 1 N–H and O–H groups in total. The number of rotatable bonds is 5. The van der Waals surface area contributed by atoms with Gasteiger partial charge < -0.3 is 10.0 Å². The molecule has 3 rings (SSSR count). The highest BCUT2D eigenvalue weighted by Gasteiger charge is 2.38. The summed E-state index contributed by atoms with van der Waals surface area (Å²) >= 11 is 3.31. The van der Waals surface area contributed by atoms with E-state index in [1.54, 1.807) is 18.2 Å². The van der Waals surface area contributed by atoms with Crippen LogP contribution in [0.1, 0.15) is 19.8 Å². The van der Waals surface area contributed by atoms with Crippen LogP contribution in [0.25, 0.3) is 10.9 Å². The molecule has 1 unspecified atom stereocenters. The number of benzene rings is 1. The van der Waals surface area contributed by atoms with Crippen molar-refractivity contribution in [2.75, 3.05) is 0 Å². The Hall–Kier alpha value is -2.22. The molecule has 1 aliphatic carbocycles. The Bertz CT molecular complexity index is 875. The van der Waals surface area contributed by atoms with Crippen LogP contribution in [0.15, 0.2) is 33.8 Å². The molecule has 1 aromatic carbocycles. The van der Waals surface area contributed by atoms with Gasteiger partial charge in [0, 0.05) is 10.5 Å². The van der Waals surface area contributed by atoms with Gasteiger partial charge in [-0.3, -0.25) is 14.2 Å². The average molecular weight is 394 g/mol. The second-order valence-corrected chi connectivity index (χ2v) is 6.80. The maximum atomic E-state index is 12.6.